The van der Waals surface area contributed by atoms with E-state index in [2.05, 4.69) is 37.8 Å². The van der Waals surface area contributed by atoms with Gasteiger partial charge in [0.15, 0.2) is 0 Å². The number of ether oxygens (including phenoxy) is 1. The van der Waals surface area contributed by atoms with Crippen LogP contribution in [0, 0.1) is 0 Å². The number of carbonyl (C=O) groups is 1. The molecule has 0 amide bonds. The number of hydrogen-bond donors (Lipinski definition) is 0. The third kappa shape index (κ3) is 4.48. The molecule has 0 bridgehead atoms. The lowest BCUT2D eigenvalue weighted by Crippen LogP contribution is -2.41. The first-order valence-electron chi connectivity index (χ1n) is 7.86. The molecule has 3 nitrogen and oxygen atoms in total. The van der Waals surface area contributed by atoms with Crippen LogP contribution >= 0.6 is 0 Å². The van der Waals surface area contributed by atoms with Crippen LogP contribution < -0.4 is 0 Å². The van der Waals surface area contributed by atoms with Crippen LogP contribution in [0.2, 0.25) is 0 Å². The lowest BCUT2D eigenvalue weighted by molar-refractivity contribution is -0.122. The molecule has 0 aromatic rings. The number of likely N-dealkylation sites (tertiary alicyclic amines) is 1. The molecular formula is C17H27NO2. The molecule has 0 saturated carbocycles. The number of nitrogens with zero attached hydrogens (tertiary/aromatic N) is 1. The molecular weight excluding hydrogens is 250 g/mol. The maximum absolute atomic E-state index is 11.5. The summed E-state index contributed by atoms with van der Waals surface area (Å²) in [6.07, 6.45) is 9.49. The fourth-order valence-corrected chi connectivity index (χ4v) is 2.93. The third-order valence-electron chi connectivity index (χ3n) is 4.00. The molecule has 0 aromatic carbocycles. The van der Waals surface area contributed by atoms with E-state index in [0.29, 0.717) is 24.7 Å². The van der Waals surface area contributed by atoms with Crippen molar-refractivity contribution >= 4 is 5.78 Å². The minimum absolute atomic E-state index is 0.225. The Morgan fingerprint density at radius 3 is 2.90 bits per heavy atom. The van der Waals surface area contributed by atoms with Crippen molar-refractivity contribution in [2.45, 2.75) is 65.0 Å². The maximum Gasteiger partial charge on any atom is 0.135 e. The Kier molecular flexibility index (Phi) is 5.41. The van der Waals surface area contributed by atoms with Crippen LogP contribution in [0.1, 0.15) is 52.9 Å². The van der Waals surface area contributed by atoms with Gasteiger partial charge in [-0.1, -0.05) is 5.57 Å². The number of hydrogen-bond acceptors (Lipinski definition) is 3. The monoisotopic (exact) mass is 277 g/mol. The molecule has 0 N–H and O–H groups in total. The predicted octanol–water partition coefficient (Wildman–Crippen LogP) is 3.46. The minimum Gasteiger partial charge on any atom is -0.491 e. The molecule has 1 aliphatic heterocycles. The maximum atomic E-state index is 11.5. The van der Waals surface area contributed by atoms with E-state index in [1.807, 2.05) is 0 Å². The Hall–Kier alpha value is -1.09. The van der Waals surface area contributed by atoms with Gasteiger partial charge in [-0.3, -0.25) is 9.69 Å². The van der Waals surface area contributed by atoms with Crippen LogP contribution in [0.4, 0.5) is 0 Å². The second-order valence-electron chi connectivity index (χ2n) is 6.28. The van der Waals surface area contributed by atoms with Crippen molar-refractivity contribution in [1.29, 1.82) is 0 Å². The van der Waals surface area contributed by atoms with E-state index in [4.69, 9.17) is 4.74 Å². The van der Waals surface area contributed by atoms with Crippen molar-refractivity contribution in [3.63, 3.8) is 0 Å². The van der Waals surface area contributed by atoms with Gasteiger partial charge in [0.05, 0.1) is 6.10 Å². The van der Waals surface area contributed by atoms with Crippen molar-refractivity contribution < 1.29 is 9.53 Å². The zero-order chi connectivity index (χ0) is 14.5. The Morgan fingerprint density at radius 1 is 1.40 bits per heavy atom. The first-order valence-corrected chi connectivity index (χ1v) is 7.86. The number of carbonyl (C=O) groups excluding carboxylic acids is 1. The molecule has 0 aromatic heterocycles. The van der Waals surface area contributed by atoms with Gasteiger partial charge in [0.2, 0.25) is 0 Å². The molecule has 1 unspecified atom stereocenters. The Bertz CT molecular complexity index is 409. The molecule has 0 spiro atoms. The van der Waals surface area contributed by atoms with Crippen LogP contribution in [0.15, 0.2) is 23.5 Å². The van der Waals surface area contributed by atoms with Gasteiger partial charge < -0.3 is 4.74 Å². The molecule has 0 radical (unpaired) electrons. The van der Waals surface area contributed by atoms with Crippen molar-refractivity contribution in [2.24, 2.45) is 0 Å². The Labute approximate surface area is 122 Å². The summed E-state index contributed by atoms with van der Waals surface area (Å²) in [4.78, 5) is 13.9. The van der Waals surface area contributed by atoms with Crippen LogP contribution in [-0.2, 0) is 9.53 Å². The summed E-state index contributed by atoms with van der Waals surface area (Å²) >= 11 is 0. The first-order chi connectivity index (χ1) is 9.54. The lowest BCUT2D eigenvalue weighted by Gasteiger charge is -2.33. The fraction of sp³-hybridized carbons (Fsp3) is 0.706. The summed E-state index contributed by atoms with van der Waals surface area (Å²) in [7, 11) is 0. The smallest absolute Gasteiger partial charge is 0.135 e. The topological polar surface area (TPSA) is 29.5 Å². The molecule has 1 saturated heterocycles. The summed E-state index contributed by atoms with van der Waals surface area (Å²) in [5, 5.41) is 0. The Balaban J connectivity index is 1.98. The van der Waals surface area contributed by atoms with Crippen LogP contribution in [0.3, 0.4) is 0 Å². The van der Waals surface area contributed by atoms with Gasteiger partial charge in [-0.25, -0.2) is 0 Å². The van der Waals surface area contributed by atoms with Crippen LogP contribution in [0.5, 0.6) is 0 Å². The molecule has 2 aliphatic rings. The highest BCUT2D eigenvalue weighted by molar-refractivity contribution is 5.79. The van der Waals surface area contributed by atoms with Crippen molar-refractivity contribution in [3.05, 3.63) is 23.5 Å². The second kappa shape index (κ2) is 7.07. The molecule has 20 heavy (non-hydrogen) atoms. The summed E-state index contributed by atoms with van der Waals surface area (Å²) in [6.45, 7) is 8.18. The van der Waals surface area contributed by atoms with Gasteiger partial charge in [-0.2, -0.15) is 0 Å². The van der Waals surface area contributed by atoms with Gasteiger partial charge in [0.1, 0.15) is 11.5 Å². The number of rotatable bonds is 4. The van der Waals surface area contributed by atoms with E-state index in [9.17, 15) is 4.79 Å². The predicted molar refractivity (Wildman–Crippen MR) is 81.5 cm³/mol. The average molecular weight is 277 g/mol. The Morgan fingerprint density at radius 2 is 2.20 bits per heavy atom. The average Bonchev–Trinajstić information content (AvgIpc) is 2.57. The van der Waals surface area contributed by atoms with E-state index >= 15 is 0 Å². The highest BCUT2D eigenvalue weighted by Gasteiger charge is 2.24. The number of Topliss-reactive ketones (excluding diaryl/α,β-unsaturated/α-hetero) is 1. The standard InChI is InChI=1S/C17H27NO2/c1-13(2)20-17-7-5-4-6-15(11-17)12-18-9-8-16(19)10-14(18)3/h7,11,13-14H,4-6,8-10,12H2,1-3H3. The molecule has 1 heterocycles. The largest absolute Gasteiger partial charge is 0.491 e. The minimum atomic E-state index is 0.225. The highest BCUT2D eigenvalue weighted by atomic mass is 16.5. The van der Waals surface area contributed by atoms with Crippen molar-refractivity contribution in [1.82, 2.24) is 4.90 Å². The zero-order valence-electron chi connectivity index (χ0n) is 13.0. The van der Waals surface area contributed by atoms with E-state index < -0.39 is 0 Å². The third-order valence-corrected chi connectivity index (χ3v) is 4.00. The quantitative estimate of drug-likeness (QED) is 0.788. The van der Waals surface area contributed by atoms with Crippen LogP contribution in [0.25, 0.3) is 0 Å². The van der Waals surface area contributed by atoms with Gasteiger partial charge in [0, 0.05) is 32.0 Å². The summed E-state index contributed by atoms with van der Waals surface area (Å²) in [5.41, 5.74) is 1.44. The number of allylic oxidation sites excluding steroid dienone is 2. The molecule has 2 rings (SSSR count). The number of ketones is 1. The second-order valence-corrected chi connectivity index (χ2v) is 6.28. The molecule has 1 aliphatic carbocycles. The van der Waals surface area contributed by atoms with Gasteiger partial charge >= 0.3 is 0 Å². The highest BCUT2D eigenvalue weighted by Crippen LogP contribution is 2.22. The molecule has 1 atom stereocenters. The molecule has 112 valence electrons. The van der Waals surface area contributed by atoms with E-state index in [-0.39, 0.29) is 6.10 Å². The van der Waals surface area contributed by atoms with Crippen molar-refractivity contribution in [2.75, 3.05) is 13.1 Å². The SMILES string of the molecule is CC(C)OC1=CCCCC(CN2CCC(=O)CC2C)=C1. The zero-order valence-corrected chi connectivity index (χ0v) is 13.0. The number of piperidine rings is 1. The molecule has 3 heteroatoms. The normalized spacial score (nSPS) is 25.2. The van der Waals surface area contributed by atoms with Gasteiger partial charge in [0.25, 0.3) is 0 Å². The summed E-state index contributed by atoms with van der Waals surface area (Å²) < 4.78 is 5.85. The van der Waals surface area contributed by atoms with E-state index in [1.54, 1.807) is 0 Å². The van der Waals surface area contributed by atoms with Gasteiger partial charge in [-0.05, 0) is 52.2 Å². The summed E-state index contributed by atoms with van der Waals surface area (Å²) in [6, 6.07) is 0.374. The summed E-state index contributed by atoms with van der Waals surface area (Å²) in [5.74, 6) is 1.43. The van der Waals surface area contributed by atoms with E-state index in [0.717, 1.165) is 31.7 Å². The van der Waals surface area contributed by atoms with E-state index in [1.165, 1.54) is 12.0 Å². The van der Waals surface area contributed by atoms with Crippen LogP contribution in [-0.4, -0.2) is 35.9 Å². The van der Waals surface area contributed by atoms with Gasteiger partial charge in [-0.15, -0.1) is 0 Å². The first kappa shape index (κ1) is 15.3. The fourth-order valence-electron chi connectivity index (χ4n) is 2.93. The lowest BCUT2D eigenvalue weighted by atomic mass is 10.0. The molecule has 1 fully saturated rings. The van der Waals surface area contributed by atoms with Crippen molar-refractivity contribution in [3.8, 4) is 0 Å².